The molecule has 2 heterocycles. The smallest absolute Gasteiger partial charge is 0.330 e. The lowest BCUT2D eigenvalue weighted by molar-refractivity contribution is -0.131. The second kappa shape index (κ2) is 11.8. The number of aromatic amines is 1. The summed E-state index contributed by atoms with van der Waals surface area (Å²) in [7, 11) is -9.00. The van der Waals surface area contributed by atoms with Gasteiger partial charge in [-0.1, -0.05) is 41.5 Å². The van der Waals surface area contributed by atoms with Crippen LogP contribution in [0.3, 0.4) is 0 Å². The average molecular weight is 629 g/mol. The monoisotopic (exact) mass is 628 g/mol. The maximum absolute atomic E-state index is 16.5. The van der Waals surface area contributed by atoms with Crippen LogP contribution in [-0.4, -0.2) is 71.4 Å². The predicted octanol–water partition coefficient (Wildman–Crippen LogP) is 4.45. The molecule has 1 unspecified atom stereocenters. The van der Waals surface area contributed by atoms with E-state index in [0.717, 1.165) is 0 Å². The number of hydrogen-bond donors (Lipinski definition) is 1. The Bertz CT molecular complexity index is 1270. The Morgan fingerprint density at radius 2 is 1.62 bits per heavy atom. The summed E-state index contributed by atoms with van der Waals surface area (Å²) in [5.74, 6) is -1.55. The van der Waals surface area contributed by atoms with Gasteiger partial charge in [0.2, 0.25) is 5.82 Å². The van der Waals surface area contributed by atoms with Crippen LogP contribution < -0.4 is 11.2 Å². The Labute approximate surface area is 238 Å². The van der Waals surface area contributed by atoms with Crippen molar-refractivity contribution in [3.05, 3.63) is 32.9 Å². The highest BCUT2D eigenvalue weighted by molar-refractivity contribution is 7.86. The molecule has 1 fully saturated rings. The number of rotatable bonds is 11. The number of ether oxygens (including phenoxy) is 1. The summed E-state index contributed by atoms with van der Waals surface area (Å²) >= 11 is 0. The topological polar surface area (TPSA) is 126 Å². The second-order valence-electron chi connectivity index (χ2n) is 13.4. The summed E-state index contributed by atoms with van der Waals surface area (Å²) in [6, 6.07) is 0. The Morgan fingerprint density at radius 3 is 2.12 bits per heavy atom. The van der Waals surface area contributed by atoms with Crippen LogP contribution in [-0.2, 0) is 27.9 Å². The van der Waals surface area contributed by atoms with Crippen LogP contribution in [0.5, 0.6) is 0 Å². The van der Waals surface area contributed by atoms with Crippen molar-refractivity contribution in [2.75, 3.05) is 19.0 Å². The van der Waals surface area contributed by atoms with Crippen LogP contribution in [0.15, 0.2) is 15.8 Å². The molecule has 1 N–H and O–H groups in total. The molecule has 232 valence electrons. The number of alkyl halides is 1. The standard InChI is InChI=1S/C25H46F2N2O8SSi2/c1-12-38(32,33)34-14-13-25(16-35-39(8,9)23(2,3)4)19(37-40(10,11)24(5,6)7)18(27)21(36-25)29-15-17(26)20(30)28-22(29)31/h15,18-19,21H,12-14,16H2,1-11H3,(H,28,30,31)/t18-,19?,21+,25+/m0/s1. The number of nitrogens with zero attached hydrogens (tertiary/aromatic N) is 1. The van der Waals surface area contributed by atoms with Crippen molar-refractivity contribution in [1.82, 2.24) is 9.55 Å². The summed E-state index contributed by atoms with van der Waals surface area (Å²) in [5, 5.41) is -0.571. The van der Waals surface area contributed by atoms with E-state index in [1.54, 1.807) is 0 Å². The quantitative estimate of drug-likeness (QED) is 0.282. The SMILES string of the molecule is CCS(=O)(=O)OCC[C@]1(CO[Si](C)(C)C(C)(C)C)O[C@@H](n2cc(F)c(=O)[nH]c2=O)[C@@H](F)C1O[Si](C)(C)C(C)(C)C. The van der Waals surface area contributed by atoms with Crippen molar-refractivity contribution in [2.45, 2.75) is 115 Å². The van der Waals surface area contributed by atoms with Crippen molar-refractivity contribution in [3.63, 3.8) is 0 Å². The largest absolute Gasteiger partial charge is 0.414 e. The Balaban J connectivity index is 2.70. The van der Waals surface area contributed by atoms with E-state index < -0.39 is 67.9 Å². The summed E-state index contributed by atoms with van der Waals surface area (Å²) in [4.78, 5) is 26.2. The molecule has 0 amide bonds. The third-order valence-electron chi connectivity index (χ3n) is 8.49. The van der Waals surface area contributed by atoms with Crippen molar-refractivity contribution >= 4 is 26.8 Å². The van der Waals surface area contributed by atoms with E-state index in [2.05, 4.69) is 0 Å². The number of aromatic nitrogens is 2. The van der Waals surface area contributed by atoms with E-state index >= 15 is 4.39 Å². The number of hydrogen-bond acceptors (Lipinski definition) is 8. The normalized spacial score (nSPS) is 25.0. The lowest BCUT2D eigenvalue weighted by Crippen LogP contribution is -2.57. The van der Waals surface area contributed by atoms with E-state index in [4.69, 9.17) is 17.8 Å². The molecule has 15 heteroatoms. The zero-order valence-corrected chi connectivity index (χ0v) is 28.3. The van der Waals surface area contributed by atoms with Crippen molar-refractivity contribution in [1.29, 1.82) is 0 Å². The van der Waals surface area contributed by atoms with E-state index in [1.807, 2.05) is 72.7 Å². The van der Waals surface area contributed by atoms with E-state index in [-0.39, 0.29) is 35.5 Å². The summed E-state index contributed by atoms with van der Waals surface area (Å²) in [6.07, 6.45) is -4.55. The molecule has 2 rings (SSSR count). The molecular formula is C25H46F2N2O8SSi2. The van der Waals surface area contributed by atoms with Crippen molar-refractivity contribution in [2.24, 2.45) is 0 Å². The lowest BCUT2D eigenvalue weighted by atomic mass is 9.93. The third-order valence-corrected chi connectivity index (χ3v) is 18.7. The first-order valence-electron chi connectivity index (χ1n) is 13.4. The van der Waals surface area contributed by atoms with Gasteiger partial charge < -0.3 is 13.6 Å². The third kappa shape index (κ3) is 7.58. The fourth-order valence-corrected chi connectivity index (χ4v) is 6.55. The number of halogens is 2. The first-order chi connectivity index (χ1) is 17.9. The molecule has 0 bridgehead atoms. The van der Waals surface area contributed by atoms with Crippen LogP contribution in [0.2, 0.25) is 36.3 Å². The van der Waals surface area contributed by atoms with Crippen LogP contribution in [0.1, 0.15) is 61.1 Å². The molecule has 0 spiro atoms. The summed E-state index contributed by atoms with van der Waals surface area (Å²) in [5.41, 5.74) is -3.91. The maximum Gasteiger partial charge on any atom is 0.330 e. The first-order valence-corrected chi connectivity index (χ1v) is 20.8. The molecule has 0 saturated carbocycles. The summed E-state index contributed by atoms with van der Waals surface area (Å²) in [6.45, 7) is 20.8. The molecule has 1 aromatic rings. The fraction of sp³-hybridized carbons (Fsp3) is 0.840. The van der Waals surface area contributed by atoms with Gasteiger partial charge in [-0.25, -0.2) is 9.18 Å². The zero-order chi connectivity index (χ0) is 31.1. The Kier molecular flexibility index (Phi) is 10.3. The minimum atomic E-state index is -3.83. The fourth-order valence-electron chi connectivity index (χ4n) is 3.67. The molecule has 0 aliphatic carbocycles. The Morgan fingerprint density at radius 1 is 1.07 bits per heavy atom. The zero-order valence-electron chi connectivity index (χ0n) is 25.5. The van der Waals surface area contributed by atoms with Gasteiger partial charge in [0.05, 0.1) is 25.2 Å². The molecule has 1 aliphatic heterocycles. The van der Waals surface area contributed by atoms with E-state index in [9.17, 15) is 22.4 Å². The van der Waals surface area contributed by atoms with Gasteiger partial charge in [0.25, 0.3) is 15.7 Å². The van der Waals surface area contributed by atoms with Gasteiger partial charge in [-0.15, -0.1) is 0 Å². The minimum absolute atomic E-state index is 0.155. The lowest BCUT2D eigenvalue weighted by Gasteiger charge is -2.45. The highest BCUT2D eigenvalue weighted by Gasteiger charge is 2.60. The highest BCUT2D eigenvalue weighted by atomic mass is 32.2. The molecule has 1 saturated heterocycles. The van der Waals surface area contributed by atoms with Crippen molar-refractivity contribution in [3.8, 4) is 0 Å². The average Bonchev–Trinajstić information content (AvgIpc) is 3.05. The van der Waals surface area contributed by atoms with Gasteiger partial charge in [0.15, 0.2) is 29.0 Å². The highest BCUT2D eigenvalue weighted by Crippen LogP contribution is 2.48. The van der Waals surface area contributed by atoms with Gasteiger partial charge in [0, 0.05) is 6.42 Å². The predicted molar refractivity (Wildman–Crippen MR) is 154 cm³/mol. The van der Waals surface area contributed by atoms with Crippen LogP contribution in [0.25, 0.3) is 0 Å². The van der Waals surface area contributed by atoms with Gasteiger partial charge in [0.1, 0.15) is 11.7 Å². The first kappa shape index (κ1) is 35.0. The molecule has 1 aliphatic rings. The molecule has 1 aromatic heterocycles. The Hall–Kier alpha value is -1.24. The van der Waals surface area contributed by atoms with Gasteiger partial charge in [-0.2, -0.15) is 12.8 Å². The van der Waals surface area contributed by atoms with Crippen LogP contribution in [0.4, 0.5) is 8.78 Å². The van der Waals surface area contributed by atoms with Gasteiger partial charge in [-0.3, -0.25) is 18.5 Å². The minimum Gasteiger partial charge on any atom is -0.414 e. The van der Waals surface area contributed by atoms with Gasteiger partial charge >= 0.3 is 5.69 Å². The van der Waals surface area contributed by atoms with Gasteiger partial charge in [-0.05, 0) is 43.2 Å². The summed E-state index contributed by atoms with van der Waals surface area (Å²) < 4.78 is 80.2. The molecule has 0 aromatic carbocycles. The molecule has 0 radical (unpaired) electrons. The molecule has 10 nitrogen and oxygen atoms in total. The van der Waals surface area contributed by atoms with E-state index in [1.165, 1.54) is 6.92 Å². The number of nitrogens with one attached hydrogen (secondary N) is 1. The van der Waals surface area contributed by atoms with Crippen LogP contribution >= 0.6 is 0 Å². The van der Waals surface area contributed by atoms with E-state index in [0.29, 0.717) is 10.8 Å². The van der Waals surface area contributed by atoms with Crippen LogP contribution in [0, 0.1) is 5.82 Å². The molecule has 40 heavy (non-hydrogen) atoms. The molecule has 4 atom stereocenters. The van der Waals surface area contributed by atoms with Crippen molar-refractivity contribution < 1.29 is 35.0 Å². The number of H-pyrrole nitrogens is 1. The molecular weight excluding hydrogens is 583 g/mol. The maximum atomic E-state index is 16.5. The second-order valence-corrected chi connectivity index (χ2v) is 24.9.